The summed E-state index contributed by atoms with van der Waals surface area (Å²) in [4.78, 5) is 23.3. The Morgan fingerprint density at radius 3 is 1.92 bits per heavy atom. The first-order chi connectivity index (χ1) is 24.1. The van der Waals surface area contributed by atoms with Crippen LogP contribution in [0.3, 0.4) is 0 Å². The number of ketones is 1. The lowest BCUT2D eigenvalue weighted by atomic mass is 9.96. The van der Waals surface area contributed by atoms with Crippen LogP contribution in [0.2, 0.25) is 19.6 Å². The lowest BCUT2D eigenvalue weighted by Gasteiger charge is -2.31. The molecule has 0 aliphatic carbocycles. The number of unbranched alkanes of at least 4 members (excludes halogenated alkanes) is 11. The Balaban J connectivity index is 1.07. The van der Waals surface area contributed by atoms with E-state index in [1.54, 1.807) is 6.92 Å². The highest BCUT2D eigenvalue weighted by Crippen LogP contribution is 2.35. The van der Waals surface area contributed by atoms with Crippen molar-refractivity contribution < 1.29 is 37.7 Å². The molecule has 50 heavy (non-hydrogen) atoms. The van der Waals surface area contributed by atoms with Gasteiger partial charge in [-0.15, -0.1) is 0 Å². The molecular formula is C41H74O8Si. The number of carbonyl (C=O) groups is 2. The van der Waals surface area contributed by atoms with Gasteiger partial charge in [-0.3, -0.25) is 4.79 Å². The molecule has 290 valence electrons. The molecule has 4 aliphatic rings. The maximum absolute atomic E-state index is 12.0. The van der Waals surface area contributed by atoms with Gasteiger partial charge in [0.2, 0.25) is 0 Å². The van der Waals surface area contributed by atoms with Crippen molar-refractivity contribution in [3.63, 3.8) is 0 Å². The van der Waals surface area contributed by atoms with Gasteiger partial charge < -0.3 is 32.9 Å². The van der Waals surface area contributed by atoms with Crippen LogP contribution < -0.4 is 0 Å². The summed E-state index contributed by atoms with van der Waals surface area (Å²) in [5.41, 5.74) is 0. The molecule has 4 aliphatic heterocycles. The van der Waals surface area contributed by atoms with Gasteiger partial charge >= 0.3 is 5.97 Å². The van der Waals surface area contributed by atoms with Crippen LogP contribution in [0.25, 0.3) is 0 Å². The summed E-state index contributed by atoms with van der Waals surface area (Å²) in [6.45, 7) is 11.1. The van der Waals surface area contributed by atoms with Crippen LogP contribution in [0.1, 0.15) is 168 Å². The van der Waals surface area contributed by atoms with Crippen molar-refractivity contribution in [1.82, 2.24) is 0 Å². The van der Waals surface area contributed by atoms with E-state index >= 15 is 0 Å². The van der Waals surface area contributed by atoms with Gasteiger partial charge in [0.25, 0.3) is 0 Å². The number of cyclic esters (lactones) is 1. The molecule has 9 atom stereocenters. The quantitative estimate of drug-likeness (QED) is 0.0553. The van der Waals surface area contributed by atoms with Crippen molar-refractivity contribution in [2.24, 2.45) is 5.92 Å². The van der Waals surface area contributed by atoms with Crippen molar-refractivity contribution >= 4 is 20.1 Å². The van der Waals surface area contributed by atoms with Crippen LogP contribution >= 0.6 is 0 Å². The Morgan fingerprint density at radius 1 is 0.720 bits per heavy atom. The maximum atomic E-state index is 12.0. The monoisotopic (exact) mass is 723 g/mol. The molecule has 0 aromatic heterocycles. The molecule has 9 heteroatoms. The topological polar surface area (TPSA) is 89.5 Å². The van der Waals surface area contributed by atoms with Gasteiger partial charge in [0.05, 0.1) is 48.6 Å². The Morgan fingerprint density at radius 2 is 1.28 bits per heavy atom. The third-order valence-corrected chi connectivity index (χ3v) is 12.4. The van der Waals surface area contributed by atoms with E-state index in [9.17, 15) is 9.59 Å². The Hall–Kier alpha value is -0.843. The van der Waals surface area contributed by atoms with Crippen LogP contribution in [0.5, 0.6) is 0 Å². The average Bonchev–Trinajstić information content (AvgIpc) is 3.78. The van der Waals surface area contributed by atoms with Crippen LogP contribution in [-0.4, -0.2) is 75.7 Å². The Bertz CT molecular complexity index is 971. The number of carbonyl (C=O) groups excluding carboxylic acids is 2. The van der Waals surface area contributed by atoms with Crippen LogP contribution in [0, 0.1) is 5.92 Å². The van der Waals surface area contributed by atoms with Gasteiger partial charge in [-0.1, -0.05) is 84.0 Å². The highest BCUT2D eigenvalue weighted by molar-refractivity contribution is 6.69. The highest BCUT2D eigenvalue weighted by Gasteiger charge is 2.41. The molecule has 0 unspecified atom stereocenters. The number of ether oxygens (including phenoxy) is 5. The summed E-state index contributed by atoms with van der Waals surface area (Å²) in [5, 5.41) is 0. The zero-order chi connectivity index (χ0) is 35.8. The van der Waals surface area contributed by atoms with Crippen LogP contribution in [0.15, 0.2) is 0 Å². The predicted molar refractivity (Wildman–Crippen MR) is 201 cm³/mol. The second kappa shape index (κ2) is 22.4. The number of hydrogen-bond acceptors (Lipinski definition) is 8. The molecule has 0 spiro atoms. The van der Waals surface area contributed by atoms with Gasteiger partial charge in [0.1, 0.15) is 18.7 Å². The lowest BCUT2D eigenvalue weighted by Crippen LogP contribution is -2.40. The molecule has 0 saturated carbocycles. The van der Waals surface area contributed by atoms with Crippen LogP contribution in [-0.2, 0) is 37.7 Å². The van der Waals surface area contributed by atoms with Gasteiger partial charge in [0, 0.05) is 6.42 Å². The minimum Gasteiger partial charge on any atom is -0.462 e. The van der Waals surface area contributed by atoms with Crippen molar-refractivity contribution in [1.29, 1.82) is 0 Å². The fraction of sp³-hybridized carbons (Fsp3) is 0.951. The first kappa shape index (κ1) is 41.9. The summed E-state index contributed by atoms with van der Waals surface area (Å²) < 4.78 is 38.0. The summed E-state index contributed by atoms with van der Waals surface area (Å²) in [5.74, 6) is -0.335. The van der Waals surface area contributed by atoms with Crippen molar-refractivity contribution in [3.05, 3.63) is 0 Å². The minimum atomic E-state index is -1.67. The van der Waals surface area contributed by atoms with E-state index in [0.717, 1.165) is 70.6 Å². The fourth-order valence-corrected chi connectivity index (χ4v) is 9.87. The average molecular weight is 723 g/mol. The number of hydrogen-bond donors (Lipinski definition) is 0. The molecule has 0 bridgehead atoms. The Labute approximate surface area is 306 Å². The summed E-state index contributed by atoms with van der Waals surface area (Å²) in [6, 6.07) is 0. The van der Waals surface area contributed by atoms with E-state index in [0.29, 0.717) is 25.7 Å². The SMILES string of the molecule is CCCCCCCCCC[C@H](O[Si](C)(C)C)[C@H]1CC[C@H]([C@H]2CC[C@@H]([C@@H]3CC[C@@H](CCCCCCC[C@@H]4C[C@H](CC(C)=O)C(=O)O4)O3)OCO2)O1. The van der Waals surface area contributed by atoms with Crippen molar-refractivity contribution in [2.45, 2.75) is 236 Å². The van der Waals surface area contributed by atoms with Gasteiger partial charge in [-0.2, -0.15) is 0 Å². The fourth-order valence-electron chi connectivity index (χ4n) is 8.69. The maximum Gasteiger partial charge on any atom is 0.309 e. The first-order valence-corrected chi connectivity index (χ1v) is 24.4. The molecule has 8 nitrogen and oxygen atoms in total. The van der Waals surface area contributed by atoms with E-state index in [-0.39, 0.29) is 60.4 Å². The number of rotatable bonds is 24. The second-order valence-electron chi connectivity index (χ2n) is 17.0. The largest absolute Gasteiger partial charge is 0.462 e. The molecule has 0 aromatic carbocycles. The highest BCUT2D eigenvalue weighted by atomic mass is 28.4. The first-order valence-electron chi connectivity index (χ1n) is 21.0. The lowest BCUT2D eigenvalue weighted by molar-refractivity contribution is -0.154. The predicted octanol–water partition coefficient (Wildman–Crippen LogP) is 10.00. The zero-order valence-corrected chi connectivity index (χ0v) is 33.6. The molecule has 0 amide bonds. The third-order valence-electron chi connectivity index (χ3n) is 11.4. The molecule has 4 saturated heterocycles. The van der Waals surface area contributed by atoms with Crippen molar-refractivity contribution in [2.75, 3.05) is 6.79 Å². The summed E-state index contributed by atoms with van der Waals surface area (Å²) in [7, 11) is -1.67. The second-order valence-corrected chi connectivity index (χ2v) is 21.5. The van der Waals surface area contributed by atoms with E-state index in [1.165, 1.54) is 70.6 Å². The van der Waals surface area contributed by atoms with Gasteiger partial charge in [0.15, 0.2) is 8.32 Å². The molecule has 0 N–H and O–H groups in total. The van der Waals surface area contributed by atoms with Gasteiger partial charge in [-0.05, 0) is 97.2 Å². The molecule has 4 fully saturated rings. The summed E-state index contributed by atoms with van der Waals surface area (Å²) >= 11 is 0. The number of Topliss-reactive ketones (excluding diaryl/α,β-unsaturated/α-hetero) is 1. The third kappa shape index (κ3) is 15.3. The Kier molecular flexibility index (Phi) is 18.8. The smallest absolute Gasteiger partial charge is 0.309 e. The van der Waals surface area contributed by atoms with Crippen LogP contribution in [0.4, 0.5) is 0 Å². The van der Waals surface area contributed by atoms with E-state index in [1.807, 2.05) is 0 Å². The molecule has 4 heterocycles. The molecular weight excluding hydrogens is 649 g/mol. The zero-order valence-electron chi connectivity index (χ0n) is 32.6. The van der Waals surface area contributed by atoms with E-state index < -0.39 is 8.32 Å². The van der Waals surface area contributed by atoms with E-state index in [2.05, 4.69) is 26.6 Å². The van der Waals surface area contributed by atoms with E-state index in [4.69, 9.17) is 28.1 Å². The molecule has 0 aromatic rings. The van der Waals surface area contributed by atoms with Gasteiger partial charge in [-0.25, -0.2) is 0 Å². The normalized spacial score (nSPS) is 31.2. The molecule has 0 radical (unpaired) electrons. The van der Waals surface area contributed by atoms with Crippen molar-refractivity contribution in [3.8, 4) is 0 Å². The standard InChI is InChI=1S/C41H74O8Si/c1-6-7-8-9-10-11-15-18-21-40(49-50(3,4)5)39-27-26-38(48-39)36-25-24-35(44-30-45-36)37-23-22-33(46-37)19-16-13-12-14-17-20-34-29-32(28-31(2)42)41(43)47-34/h32-40H,6-30H2,1-5H3/t32-,33+,34+,35-,36+,37-,38+,39+,40-/m0/s1. The number of esters is 1. The minimum absolute atomic E-state index is 0.00119. The molecule has 4 rings (SSSR count). The summed E-state index contributed by atoms with van der Waals surface area (Å²) in [6.07, 6.45) is 28.1.